The molecule has 2 aliphatic carbocycles. The van der Waals surface area contributed by atoms with E-state index in [0.29, 0.717) is 32.4 Å². The van der Waals surface area contributed by atoms with E-state index < -0.39 is 0 Å². The zero-order chi connectivity index (χ0) is 20.1. The second-order valence-electron chi connectivity index (χ2n) is 8.07. The Labute approximate surface area is 173 Å². The van der Waals surface area contributed by atoms with Gasteiger partial charge in [0, 0.05) is 56.9 Å². The Hall–Kier alpha value is -1.89. The molecule has 0 bridgehead atoms. The highest BCUT2D eigenvalue weighted by Gasteiger charge is 2.35. The van der Waals surface area contributed by atoms with Crippen LogP contribution in [0, 0.1) is 0 Å². The molecule has 1 saturated carbocycles. The monoisotopic (exact) mass is 400 g/mol. The van der Waals surface area contributed by atoms with E-state index >= 15 is 0 Å². The third kappa shape index (κ3) is 5.18. The number of amides is 1. The van der Waals surface area contributed by atoms with Crippen LogP contribution in [0.5, 0.6) is 5.75 Å². The summed E-state index contributed by atoms with van der Waals surface area (Å²) in [4.78, 5) is 15.5. The second-order valence-corrected chi connectivity index (χ2v) is 8.07. The van der Waals surface area contributed by atoms with Crippen LogP contribution in [-0.2, 0) is 15.9 Å². The van der Waals surface area contributed by atoms with Crippen LogP contribution in [0.2, 0.25) is 0 Å². The Morgan fingerprint density at radius 2 is 2.21 bits per heavy atom. The summed E-state index contributed by atoms with van der Waals surface area (Å²) in [6, 6.07) is 4.34. The van der Waals surface area contributed by atoms with E-state index in [9.17, 15) is 4.79 Å². The van der Waals surface area contributed by atoms with Crippen molar-refractivity contribution in [3.05, 3.63) is 34.9 Å². The van der Waals surface area contributed by atoms with Crippen molar-refractivity contribution in [3.63, 3.8) is 0 Å². The molecule has 4 rings (SSSR count). The summed E-state index contributed by atoms with van der Waals surface area (Å²) in [6.45, 7) is 4.30. The average molecular weight is 401 g/mol. The fourth-order valence-corrected chi connectivity index (χ4v) is 4.05. The van der Waals surface area contributed by atoms with Crippen LogP contribution in [0.25, 0.3) is 6.08 Å². The maximum absolute atomic E-state index is 13.5. The molecule has 1 N–H and O–H groups in total. The van der Waals surface area contributed by atoms with Gasteiger partial charge in [-0.3, -0.25) is 4.79 Å². The third-order valence-electron chi connectivity index (χ3n) is 5.74. The first kappa shape index (κ1) is 20.4. The maximum Gasteiger partial charge on any atom is 0.254 e. The standard InChI is InChI=1S/C23H32N2O4/c1-27-10-4-11-29-22-14-18(13-17-5-2-3-6-21(17)22)23(26)25(19-7-8-19)16-20-15-24-9-12-28-20/h3,6,13-14,19-20,24H,2,4-5,7-12,15-16H2,1H3/t20-/m1/s1. The number of hydrogen-bond donors (Lipinski definition) is 1. The molecule has 2 fully saturated rings. The molecule has 1 atom stereocenters. The number of morpholine rings is 1. The lowest BCUT2D eigenvalue weighted by Gasteiger charge is -2.31. The van der Waals surface area contributed by atoms with Crippen molar-refractivity contribution >= 4 is 12.0 Å². The fourth-order valence-electron chi connectivity index (χ4n) is 4.05. The molecule has 3 aliphatic rings. The zero-order valence-corrected chi connectivity index (χ0v) is 17.3. The van der Waals surface area contributed by atoms with E-state index in [1.807, 2.05) is 11.0 Å². The van der Waals surface area contributed by atoms with Gasteiger partial charge < -0.3 is 24.4 Å². The van der Waals surface area contributed by atoms with E-state index in [1.165, 1.54) is 5.56 Å². The van der Waals surface area contributed by atoms with Crippen molar-refractivity contribution in [3.8, 4) is 5.75 Å². The van der Waals surface area contributed by atoms with Crippen molar-refractivity contribution in [2.45, 2.75) is 44.2 Å². The molecule has 0 aromatic heterocycles. The van der Waals surface area contributed by atoms with Crippen LogP contribution >= 0.6 is 0 Å². The number of hydrogen-bond acceptors (Lipinski definition) is 5. The van der Waals surface area contributed by atoms with Gasteiger partial charge in [-0.05, 0) is 43.4 Å². The lowest BCUT2D eigenvalue weighted by Crippen LogP contribution is -2.47. The van der Waals surface area contributed by atoms with Gasteiger partial charge in [0.15, 0.2) is 0 Å². The van der Waals surface area contributed by atoms with Crippen molar-refractivity contribution in [2.75, 3.05) is 46.6 Å². The molecular weight excluding hydrogens is 368 g/mol. The summed E-state index contributed by atoms with van der Waals surface area (Å²) in [6.07, 6.45) is 9.31. The van der Waals surface area contributed by atoms with Crippen molar-refractivity contribution in [1.82, 2.24) is 10.2 Å². The molecule has 6 nitrogen and oxygen atoms in total. The Morgan fingerprint density at radius 1 is 1.31 bits per heavy atom. The summed E-state index contributed by atoms with van der Waals surface area (Å²) in [5.41, 5.74) is 3.05. The van der Waals surface area contributed by atoms with E-state index in [4.69, 9.17) is 14.2 Å². The number of allylic oxidation sites excluding steroid dienone is 1. The number of carbonyl (C=O) groups excluding carboxylic acids is 1. The van der Waals surface area contributed by atoms with Gasteiger partial charge in [-0.15, -0.1) is 0 Å². The third-order valence-corrected chi connectivity index (χ3v) is 5.74. The van der Waals surface area contributed by atoms with E-state index in [-0.39, 0.29) is 12.0 Å². The first-order valence-corrected chi connectivity index (χ1v) is 10.8. The van der Waals surface area contributed by atoms with Gasteiger partial charge in [-0.1, -0.05) is 12.2 Å². The van der Waals surface area contributed by atoms with Gasteiger partial charge in [0.2, 0.25) is 0 Å². The summed E-state index contributed by atoms with van der Waals surface area (Å²) in [5, 5.41) is 3.36. The number of nitrogens with one attached hydrogen (secondary N) is 1. The van der Waals surface area contributed by atoms with Crippen LogP contribution in [-0.4, -0.2) is 69.5 Å². The quantitative estimate of drug-likeness (QED) is 0.646. The number of benzene rings is 1. The number of rotatable bonds is 9. The smallest absolute Gasteiger partial charge is 0.254 e. The van der Waals surface area contributed by atoms with Crippen LogP contribution < -0.4 is 10.1 Å². The van der Waals surface area contributed by atoms with Crippen LogP contribution in [0.15, 0.2) is 18.2 Å². The van der Waals surface area contributed by atoms with Crippen molar-refractivity contribution < 1.29 is 19.0 Å². The molecule has 1 saturated heterocycles. The molecule has 29 heavy (non-hydrogen) atoms. The molecule has 1 heterocycles. The van der Waals surface area contributed by atoms with Crippen LogP contribution in [0.4, 0.5) is 0 Å². The predicted molar refractivity (Wildman–Crippen MR) is 112 cm³/mol. The van der Waals surface area contributed by atoms with E-state index in [2.05, 4.69) is 23.5 Å². The van der Waals surface area contributed by atoms with Gasteiger partial charge in [0.1, 0.15) is 5.75 Å². The first-order valence-electron chi connectivity index (χ1n) is 10.8. The minimum absolute atomic E-state index is 0.0682. The second kappa shape index (κ2) is 9.74. The highest BCUT2D eigenvalue weighted by atomic mass is 16.5. The zero-order valence-electron chi connectivity index (χ0n) is 17.3. The molecule has 0 radical (unpaired) electrons. The maximum atomic E-state index is 13.5. The number of ether oxygens (including phenoxy) is 3. The highest BCUT2D eigenvalue weighted by Crippen LogP contribution is 2.33. The number of nitrogens with zero attached hydrogens (tertiary/aromatic N) is 1. The number of methoxy groups -OCH3 is 1. The average Bonchev–Trinajstić information content (AvgIpc) is 3.60. The molecule has 1 amide bonds. The topological polar surface area (TPSA) is 60.0 Å². The lowest BCUT2D eigenvalue weighted by molar-refractivity contribution is 0.00498. The Bertz CT molecular complexity index is 739. The molecule has 1 aromatic rings. The van der Waals surface area contributed by atoms with Crippen LogP contribution in [0.1, 0.15) is 47.2 Å². The normalized spacial score (nSPS) is 20.9. The van der Waals surface area contributed by atoms with Gasteiger partial charge in [-0.2, -0.15) is 0 Å². The molecule has 0 spiro atoms. The summed E-state index contributed by atoms with van der Waals surface area (Å²) < 4.78 is 17.0. The van der Waals surface area contributed by atoms with Gasteiger partial charge in [0.25, 0.3) is 5.91 Å². The Kier molecular flexibility index (Phi) is 6.85. The van der Waals surface area contributed by atoms with Gasteiger partial charge in [-0.25, -0.2) is 0 Å². The van der Waals surface area contributed by atoms with Crippen molar-refractivity contribution in [2.24, 2.45) is 0 Å². The number of fused-ring (bicyclic) bond motifs is 1. The van der Waals surface area contributed by atoms with E-state index in [1.54, 1.807) is 7.11 Å². The largest absolute Gasteiger partial charge is 0.493 e. The Balaban J connectivity index is 1.53. The lowest BCUT2D eigenvalue weighted by atomic mass is 9.94. The van der Waals surface area contributed by atoms with Crippen LogP contribution in [0.3, 0.4) is 0 Å². The summed E-state index contributed by atoms with van der Waals surface area (Å²) in [7, 11) is 1.70. The minimum Gasteiger partial charge on any atom is -0.493 e. The highest BCUT2D eigenvalue weighted by molar-refractivity contribution is 5.96. The minimum atomic E-state index is 0.0682. The van der Waals surface area contributed by atoms with Gasteiger partial charge >= 0.3 is 0 Å². The molecule has 158 valence electrons. The SMILES string of the molecule is COCCCOc1cc(C(=O)N(C[C@H]2CNCCO2)C2CC2)cc2c1C=CCC2. The summed E-state index contributed by atoms with van der Waals surface area (Å²) in [5.74, 6) is 0.907. The molecule has 0 unspecified atom stereocenters. The molecule has 1 aromatic carbocycles. The van der Waals surface area contributed by atoms with Crippen molar-refractivity contribution in [1.29, 1.82) is 0 Å². The number of carbonyl (C=O) groups is 1. The predicted octanol–water partition coefficient (Wildman–Crippen LogP) is 2.65. The number of aryl methyl sites for hydroxylation is 1. The molecular formula is C23H32N2O4. The first-order chi connectivity index (χ1) is 14.3. The van der Waals surface area contributed by atoms with Gasteiger partial charge in [0.05, 0.1) is 19.3 Å². The fraction of sp³-hybridized carbons (Fsp3) is 0.609. The summed E-state index contributed by atoms with van der Waals surface area (Å²) >= 11 is 0. The van der Waals surface area contributed by atoms with E-state index in [0.717, 1.165) is 62.1 Å². The Morgan fingerprint density at radius 3 is 2.97 bits per heavy atom. The molecule has 6 heteroatoms. The molecule has 1 aliphatic heterocycles.